The molecule has 0 atom stereocenters. The Morgan fingerprint density at radius 1 is 1.41 bits per heavy atom. The van der Waals surface area contributed by atoms with E-state index in [2.05, 4.69) is 19.9 Å². The number of H-pyrrole nitrogens is 1. The summed E-state index contributed by atoms with van der Waals surface area (Å²) in [6.07, 6.45) is 1.83. The Morgan fingerprint density at radius 3 is 3.00 bits per heavy atom. The minimum atomic E-state index is -0.438. The van der Waals surface area contributed by atoms with Crippen molar-refractivity contribution >= 4 is 27.4 Å². The summed E-state index contributed by atoms with van der Waals surface area (Å²) in [4.78, 5) is 28.5. The van der Waals surface area contributed by atoms with E-state index in [1.54, 1.807) is 18.0 Å². The Morgan fingerprint density at radius 2 is 2.23 bits per heavy atom. The lowest BCUT2D eigenvalue weighted by Gasteiger charge is -2.18. The van der Waals surface area contributed by atoms with Crippen molar-refractivity contribution in [1.29, 1.82) is 0 Å². The monoisotopic (exact) mass is 319 g/mol. The summed E-state index contributed by atoms with van der Waals surface area (Å²) >= 11 is 1.34. The maximum absolute atomic E-state index is 14.3. The van der Waals surface area contributed by atoms with E-state index in [-0.39, 0.29) is 17.9 Å². The Labute approximate surface area is 129 Å². The highest BCUT2D eigenvalue weighted by molar-refractivity contribution is 7.17. The van der Waals surface area contributed by atoms with Crippen LogP contribution in [0, 0.1) is 5.82 Å². The molecule has 3 heterocycles. The Balaban J connectivity index is 1.93. The average Bonchev–Trinajstić information content (AvgIpc) is 2.96. The Hall–Kier alpha value is -2.35. The van der Waals surface area contributed by atoms with Crippen molar-refractivity contribution in [1.82, 2.24) is 19.9 Å². The normalized spacial score (nSPS) is 11.0. The van der Waals surface area contributed by atoms with Gasteiger partial charge in [-0.05, 0) is 17.9 Å². The summed E-state index contributed by atoms with van der Waals surface area (Å²) in [5.74, 6) is 0.223. The van der Waals surface area contributed by atoms with Crippen LogP contribution in [0.25, 0.3) is 10.2 Å². The van der Waals surface area contributed by atoms with Gasteiger partial charge in [-0.15, -0.1) is 11.3 Å². The largest absolute Gasteiger partial charge is 0.350 e. The number of hydrogen-bond donors (Lipinski definition) is 1. The molecule has 0 aliphatic rings. The smallest absolute Gasteiger partial charge is 0.268 e. The molecule has 0 aromatic carbocycles. The first-order valence-electron chi connectivity index (χ1n) is 6.77. The van der Waals surface area contributed by atoms with Gasteiger partial charge < -0.3 is 9.88 Å². The number of nitrogens with one attached hydrogen (secondary N) is 1. The fraction of sp³-hybridized carbons (Fsp3) is 0.286. The van der Waals surface area contributed by atoms with Gasteiger partial charge >= 0.3 is 0 Å². The van der Waals surface area contributed by atoms with Gasteiger partial charge in [-0.3, -0.25) is 4.79 Å². The highest BCUT2D eigenvalue weighted by atomic mass is 32.1. The van der Waals surface area contributed by atoms with E-state index in [4.69, 9.17) is 0 Å². The van der Waals surface area contributed by atoms with Crippen LogP contribution in [0.15, 0.2) is 22.6 Å². The molecule has 22 heavy (non-hydrogen) atoms. The molecule has 0 spiro atoms. The number of aryl methyl sites for hydroxylation is 1. The highest BCUT2D eigenvalue weighted by Gasteiger charge is 2.15. The summed E-state index contributed by atoms with van der Waals surface area (Å²) in [6, 6.07) is 1.79. The topological polar surface area (TPSA) is 74.8 Å². The van der Waals surface area contributed by atoms with Crippen LogP contribution in [-0.2, 0) is 13.0 Å². The van der Waals surface area contributed by atoms with E-state index in [0.717, 1.165) is 0 Å². The fourth-order valence-corrected chi connectivity index (χ4v) is 2.93. The number of halogens is 1. The molecular weight excluding hydrogens is 305 g/mol. The Bertz CT molecular complexity index is 875. The van der Waals surface area contributed by atoms with Crippen molar-refractivity contribution in [2.75, 3.05) is 11.9 Å². The van der Waals surface area contributed by atoms with Gasteiger partial charge in [0.2, 0.25) is 0 Å². The number of rotatable bonds is 4. The Kier molecular flexibility index (Phi) is 3.84. The van der Waals surface area contributed by atoms with Crippen molar-refractivity contribution in [3.63, 3.8) is 0 Å². The van der Waals surface area contributed by atoms with Gasteiger partial charge in [0, 0.05) is 7.05 Å². The molecular formula is C14H14FN5OS. The molecule has 0 saturated heterocycles. The predicted octanol–water partition coefficient (Wildman–Crippen LogP) is 2.11. The number of nitrogens with zero attached hydrogens (tertiary/aromatic N) is 4. The number of anilines is 1. The summed E-state index contributed by atoms with van der Waals surface area (Å²) in [5, 5.41) is 1.82. The van der Waals surface area contributed by atoms with Gasteiger partial charge in [0.25, 0.3) is 5.56 Å². The molecule has 0 amide bonds. The van der Waals surface area contributed by atoms with Crippen molar-refractivity contribution in [2.24, 2.45) is 0 Å². The van der Waals surface area contributed by atoms with E-state index in [1.807, 2.05) is 12.3 Å². The number of fused-ring (bicyclic) bond motifs is 1. The third kappa shape index (κ3) is 2.57. The van der Waals surface area contributed by atoms with Crippen LogP contribution >= 0.6 is 11.3 Å². The van der Waals surface area contributed by atoms with Crippen molar-refractivity contribution in [3.8, 4) is 0 Å². The van der Waals surface area contributed by atoms with E-state index in [9.17, 15) is 9.18 Å². The second kappa shape index (κ2) is 5.80. The maximum atomic E-state index is 14.3. The SMILES string of the molecule is CCc1ncnc(N(C)Cc2nc3ccsc3c(=O)[nH]2)c1F. The van der Waals surface area contributed by atoms with Crippen molar-refractivity contribution in [3.05, 3.63) is 45.5 Å². The molecule has 0 radical (unpaired) electrons. The van der Waals surface area contributed by atoms with Crippen LogP contribution in [0.4, 0.5) is 10.2 Å². The van der Waals surface area contributed by atoms with Gasteiger partial charge in [-0.1, -0.05) is 6.92 Å². The molecule has 3 aromatic rings. The van der Waals surface area contributed by atoms with Crippen LogP contribution < -0.4 is 10.5 Å². The molecule has 1 N–H and O–H groups in total. The number of aromatic amines is 1. The summed E-state index contributed by atoms with van der Waals surface area (Å²) < 4.78 is 14.8. The molecule has 6 nitrogen and oxygen atoms in total. The van der Waals surface area contributed by atoms with E-state index in [0.29, 0.717) is 28.2 Å². The lowest BCUT2D eigenvalue weighted by atomic mass is 10.3. The van der Waals surface area contributed by atoms with Gasteiger partial charge in [0.15, 0.2) is 11.6 Å². The van der Waals surface area contributed by atoms with Gasteiger partial charge in [0.05, 0.1) is 17.8 Å². The second-order valence-electron chi connectivity index (χ2n) is 4.82. The zero-order valence-electron chi connectivity index (χ0n) is 12.1. The number of hydrogen-bond acceptors (Lipinski definition) is 6. The molecule has 114 valence electrons. The number of aromatic nitrogens is 4. The minimum absolute atomic E-state index is 0.180. The van der Waals surface area contributed by atoms with Crippen LogP contribution in [0.5, 0.6) is 0 Å². The zero-order valence-corrected chi connectivity index (χ0v) is 12.9. The third-order valence-electron chi connectivity index (χ3n) is 3.29. The molecule has 0 aliphatic carbocycles. The lowest BCUT2D eigenvalue weighted by molar-refractivity contribution is 0.586. The van der Waals surface area contributed by atoms with E-state index >= 15 is 0 Å². The second-order valence-corrected chi connectivity index (χ2v) is 5.73. The minimum Gasteiger partial charge on any atom is -0.350 e. The predicted molar refractivity (Wildman–Crippen MR) is 83.7 cm³/mol. The quantitative estimate of drug-likeness (QED) is 0.797. The first-order valence-corrected chi connectivity index (χ1v) is 7.65. The van der Waals surface area contributed by atoms with Crippen LogP contribution in [0.2, 0.25) is 0 Å². The molecule has 0 unspecified atom stereocenters. The van der Waals surface area contributed by atoms with Gasteiger partial charge in [-0.25, -0.2) is 19.3 Å². The molecule has 0 fully saturated rings. The molecule has 0 bridgehead atoms. The molecule has 0 aliphatic heterocycles. The summed E-state index contributed by atoms with van der Waals surface area (Å²) in [5.41, 5.74) is 0.835. The average molecular weight is 319 g/mol. The van der Waals surface area contributed by atoms with Gasteiger partial charge in [-0.2, -0.15) is 0 Å². The standard InChI is InChI=1S/C14H14FN5OS/c1-3-8-11(15)13(17-7-16-8)20(2)6-10-18-9-4-5-22-12(9)14(21)19-10/h4-5,7H,3,6H2,1-2H3,(H,18,19,21). The zero-order chi connectivity index (χ0) is 15.7. The van der Waals surface area contributed by atoms with Gasteiger partial charge in [0.1, 0.15) is 16.9 Å². The highest BCUT2D eigenvalue weighted by Crippen LogP contribution is 2.19. The van der Waals surface area contributed by atoms with Crippen molar-refractivity contribution < 1.29 is 4.39 Å². The first kappa shape index (κ1) is 14.6. The summed E-state index contributed by atoms with van der Waals surface area (Å²) in [6.45, 7) is 2.08. The van der Waals surface area contributed by atoms with E-state index < -0.39 is 5.82 Å². The first-order chi connectivity index (χ1) is 10.6. The van der Waals surface area contributed by atoms with E-state index in [1.165, 1.54) is 17.7 Å². The van der Waals surface area contributed by atoms with Crippen LogP contribution in [-0.4, -0.2) is 27.0 Å². The van der Waals surface area contributed by atoms with Crippen molar-refractivity contribution in [2.45, 2.75) is 19.9 Å². The summed E-state index contributed by atoms with van der Waals surface area (Å²) in [7, 11) is 1.70. The lowest BCUT2D eigenvalue weighted by Crippen LogP contribution is -2.23. The molecule has 3 rings (SSSR count). The number of thiophene rings is 1. The molecule has 3 aromatic heterocycles. The van der Waals surface area contributed by atoms with Crippen LogP contribution in [0.1, 0.15) is 18.4 Å². The molecule has 8 heteroatoms. The van der Waals surface area contributed by atoms with Crippen LogP contribution in [0.3, 0.4) is 0 Å². The fourth-order valence-electron chi connectivity index (χ4n) is 2.20. The third-order valence-corrected chi connectivity index (χ3v) is 4.19. The molecule has 0 saturated carbocycles. The maximum Gasteiger partial charge on any atom is 0.268 e.